The fourth-order valence-electron chi connectivity index (χ4n) is 1.19. The number of benzene rings is 1. The molecule has 6 heteroatoms. The summed E-state index contributed by atoms with van der Waals surface area (Å²) in [6, 6.07) is 1.32. The molecule has 0 spiro atoms. The Hall–Kier alpha value is -1.04. The van der Waals surface area contributed by atoms with Crippen molar-refractivity contribution in [2.45, 2.75) is 12.2 Å². The number of aliphatic hydroxyl groups is 2. The van der Waals surface area contributed by atoms with Gasteiger partial charge >= 0.3 is 0 Å². The standard InChI is InChI=1S/C10H9ClF2O3/c11-3-9(15)10(16)6-2-7(12)5(4-14)1-8(6)13/h1-2,4,9-10,15-16H,3H2. The Bertz CT molecular complexity index is 398. The van der Waals surface area contributed by atoms with Crippen molar-refractivity contribution < 1.29 is 23.8 Å². The summed E-state index contributed by atoms with van der Waals surface area (Å²) in [7, 11) is 0. The summed E-state index contributed by atoms with van der Waals surface area (Å²) in [4.78, 5) is 10.3. The van der Waals surface area contributed by atoms with Crippen LogP contribution in [0.15, 0.2) is 12.1 Å². The maximum atomic E-state index is 13.3. The van der Waals surface area contributed by atoms with Crippen LogP contribution in [0, 0.1) is 11.6 Å². The molecule has 88 valence electrons. The molecule has 1 aromatic rings. The van der Waals surface area contributed by atoms with Gasteiger partial charge in [0.2, 0.25) is 0 Å². The number of halogens is 3. The minimum Gasteiger partial charge on any atom is -0.389 e. The zero-order valence-corrected chi connectivity index (χ0v) is 8.79. The number of hydrogen-bond acceptors (Lipinski definition) is 3. The Morgan fingerprint density at radius 1 is 1.31 bits per heavy atom. The summed E-state index contributed by atoms with van der Waals surface area (Å²) < 4.78 is 26.5. The summed E-state index contributed by atoms with van der Waals surface area (Å²) in [5.41, 5.74) is -0.884. The van der Waals surface area contributed by atoms with E-state index in [1.165, 1.54) is 0 Å². The van der Waals surface area contributed by atoms with Crippen molar-refractivity contribution in [1.82, 2.24) is 0 Å². The smallest absolute Gasteiger partial charge is 0.153 e. The minimum atomic E-state index is -1.63. The van der Waals surface area contributed by atoms with Crippen molar-refractivity contribution >= 4 is 17.9 Å². The second-order valence-electron chi connectivity index (χ2n) is 3.18. The number of aliphatic hydroxyl groups excluding tert-OH is 2. The Morgan fingerprint density at radius 2 is 1.94 bits per heavy atom. The van der Waals surface area contributed by atoms with Gasteiger partial charge in [-0.3, -0.25) is 4.79 Å². The van der Waals surface area contributed by atoms with Gasteiger partial charge in [0.1, 0.15) is 17.7 Å². The van der Waals surface area contributed by atoms with Crippen LogP contribution in [0.3, 0.4) is 0 Å². The first kappa shape index (κ1) is 13.0. The fraction of sp³-hybridized carbons (Fsp3) is 0.300. The first-order valence-electron chi connectivity index (χ1n) is 4.37. The lowest BCUT2D eigenvalue weighted by molar-refractivity contribution is 0.0302. The van der Waals surface area contributed by atoms with Gasteiger partial charge in [-0.05, 0) is 12.1 Å². The van der Waals surface area contributed by atoms with E-state index < -0.39 is 35.0 Å². The molecule has 0 heterocycles. The molecule has 0 amide bonds. The molecule has 0 radical (unpaired) electrons. The molecule has 0 aliphatic heterocycles. The molecule has 2 N–H and O–H groups in total. The highest BCUT2D eigenvalue weighted by molar-refractivity contribution is 6.18. The average molecular weight is 251 g/mol. The third kappa shape index (κ3) is 2.55. The molecule has 0 saturated heterocycles. The Kier molecular flexibility index (Phi) is 4.35. The van der Waals surface area contributed by atoms with E-state index in [0.717, 1.165) is 0 Å². The van der Waals surface area contributed by atoms with Gasteiger partial charge in [-0.25, -0.2) is 8.78 Å². The quantitative estimate of drug-likeness (QED) is 0.628. The van der Waals surface area contributed by atoms with Gasteiger partial charge in [-0.1, -0.05) is 0 Å². The molecule has 0 bridgehead atoms. The van der Waals surface area contributed by atoms with Crippen LogP contribution in [0.25, 0.3) is 0 Å². The number of aldehydes is 1. The van der Waals surface area contributed by atoms with Crippen LogP contribution < -0.4 is 0 Å². The number of rotatable bonds is 4. The van der Waals surface area contributed by atoms with E-state index in [2.05, 4.69) is 0 Å². The van der Waals surface area contributed by atoms with Gasteiger partial charge in [-0.15, -0.1) is 11.6 Å². The van der Waals surface area contributed by atoms with E-state index in [4.69, 9.17) is 11.6 Å². The van der Waals surface area contributed by atoms with E-state index in [1.807, 2.05) is 0 Å². The predicted molar refractivity (Wildman–Crippen MR) is 53.4 cm³/mol. The molecule has 2 atom stereocenters. The normalized spacial score (nSPS) is 14.6. The van der Waals surface area contributed by atoms with Crippen LogP contribution in [0.5, 0.6) is 0 Å². The number of hydrogen-bond donors (Lipinski definition) is 2. The van der Waals surface area contributed by atoms with E-state index in [9.17, 15) is 23.8 Å². The summed E-state index contributed by atoms with van der Waals surface area (Å²) in [6.45, 7) is 0. The number of carbonyl (C=O) groups is 1. The first-order valence-corrected chi connectivity index (χ1v) is 4.91. The van der Waals surface area contributed by atoms with E-state index >= 15 is 0 Å². The van der Waals surface area contributed by atoms with Gasteiger partial charge in [-0.2, -0.15) is 0 Å². The second kappa shape index (κ2) is 5.34. The van der Waals surface area contributed by atoms with Crippen molar-refractivity contribution in [2.75, 3.05) is 5.88 Å². The molecule has 16 heavy (non-hydrogen) atoms. The molecular weight excluding hydrogens is 242 g/mol. The minimum absolute atomic E-state index is 0.159. The Balaban J connectivity index is 3.15. The van der Waals surface area contributed by atoms with Gasteiger partial charge in [0.15, 0.2) is 6.29 Å². The van der Waals surface area contributed by atoms with Crippen molar-refractivity contribution in [1.29, 1.82) is 0 Å². The van der Waals surface area contributed by atoms with Gasteiger partial charge in [0.05, 0.1) is 17.5 Å². The monoisotopic (exact) mass is 250 g/mol. The molecule has 0 saturated carbocycles. The van der Waals surface area contributed by atoms with Crippen LogP contribution in [-0.4, -0.2) is 28.5 Å². The SMILES string of the molecule is O=Cc1cc(F)c(C(O)C(O)CCl)cc1F. The third-order valence-corrected chi connectivity index (χ3v) is 2.40. The zero-order valence-electron chi connectivity index (χ0n) is 8.03. The first-order chi connectivity index (χ1) is 7.51. The highest BCUT2D eigenvalue weighted by Gasteiger charge is 2.22. The molecular formula is C10H9ClF2O3. The Labute approximate surface area is 95.3 Å². The highest BCUT2D eigenvalue weighted by Crippen LogP contribution is 2.23. The van der Waals surface area contributed by atoms with Crippen LogP contribution in [0.2, 0.25) is 0 Å². The lowest BCUT2D eigenvalue weighted by Gasteiger charge is -2.16. The molecule has 0 fully saturated rings. The number of alkyl halides is 1. The predicted octanol–water partition coefficient (Wildman–Crippen LogP) is 1.41. The fourth-order valence-corrected chi connectivity index (χ4v) is 1.35. The lowest BCUT2D eigenvalue weighted by atomic mass is 10.0. The molecule has 3 nitrogen and oxygen atoms in total. The number of carbonyl (C=O) groups excluding carboxylic acids is 1. The Morgan fingerprint density at radius 3 is 2.44 bits per heavy atom. The summed E-state index contributed by atoms with van der Waals surface area (Å²) in [6.07, 6.45) is -2.88. The van der Waals surface area contributed by atoms with Gasteiger partial charge in [0.25, 0.3) is 0 Å². The van der Waals surface area contributed by atoms with Crippen molar-refractivity contribution in [3.63, 3.8) is 0 Å². The molecule has 0 aliphatic carbocycles. The molecule has 1 aromatic carbocycles. The summed E-state index contributed by atoms with van der Waals surface area (Å²) >= 11 is 5.27. The largest absolute Gasteiger partial charge is 0.389 e. The maximum Gasteiger partial charge on any atom is 0.153 e. The van der Waals surface area contributed by atoms with Crippen LogP contribution in [0.4, 0.5) is 8.78 Å². The summed E-state index contributed by atoms with van der Waals surface area (Å²) in [5, 5.41) is 18.6. The van der Waals surface area contributed by atoms with Gasteiger partial charge < -0.3 is 10.2 Å². The third-order valence-electron chi connectivity index (χ3n) is 2.08. The van der Waals surface area contributed by atoms with Crippen LogP contribution >= 0.6 is 11.6 Å². The van der Waals surface area contributed by atoms with Crippen LogP contribution in [0.1, 0.15) is 22.0 Å². The zero-order chi connectivity index (χ0) is 12.3. The maximum absolute atomic E-state index is 13.3. The molecule has 1 rings (SSSR count). The molecule has 0 aromatic heterocycles. The van der Waals surface area contributed by atoms with E-state index in [-0.39, 0.29) is 12.2 Å². The second-order valence-corrected chi connectivity index (χ2v) is 3.49. The highest BCUT2D eigenvalue weighted by atomic mass is 35.5. The van der Waals surface area contributed by atoms with E-state index in [0.29, 0.717) is 12.1 Å². The van der Waals surface area contributed by atoms with Crippen LogP contribution in [-0.2, 0) is 0 Å². The molecule has 0 aliphatic rings. The summed E-state index contributed by atoms with van der Waals surface area (Å²) in [5.74, 6) is -2.26. The topological polar surface area (TPSA) is 57.5 Å². The van der Waals surface area contributed by atoms with Crippen molar-refractivity contribution in [3.05, 3.63) is 34.9 Å². The average Bonchev–Trinajstić information content (AvgIpc) is 2.29. The van der Waals surface area contributed by atoms with Gasteiger partial charge in [0, 0.05) is 5.56 Å². The van der Waals surface area contributed by atoms with E-state index in [1.54, 1.807) is 0 Å². The van der Waals surface area contributed by atoms with Crippen molar-refractivity contribution in [2.24, 2.45) is 0 Å². The van der Waals surface area contributed by atoms with Crippen molar-refractivity contribution in [3.8, 4) is 0 Å². The lowest BCUT2D eigenvalue weighted by Crippen LogP contribution is -2.21. The molecule has 2 unspecified atom stereocenters.